The van der Waals surface area contributed by atoms with E-state index in [4.69, 9.17) is 0 Å². The fourth-order valence-electron chi connectivity index (χ4n) is 2.31. The van der Waals surface area contributed by atoms with Crippen molar-refractivity contribution in [3.05, 3.63) is 40.4 Å². The molecule has 0 bridgehead atoms. The largest absolute Gasteiger partial charge is 0.416 e. The summed E-state index contributed by atoms with van der Waals surface area (Å²) in [7, 11) is 0. The van der Waals surface area contributed by atoms with E-state index in [1.54, 1.807) is 24.8 Å². The zero-order valence-corrected chi connectivity index (χ0v) is 14.7. The molecule has 1 aromatic carbocycles. The topological polar surface area (TPSA) is 29.1 Å². The van der Waals surface area contributed by atoms with E-state index in [1.807, 2.05) is 13.8 Å². The maximum Gasteiger partial charge on any atom is 0.416 e. The third-order valence-electron chi connectivity index (χ3n) is 3.37. The van der Waals surface area contributed by atoms with E-state index in [0.29, 0.717) is 16.2 Å². The highest BCUT2D eigenvalue weighted by atomic mass is 32.2. The second-order valence-corrected chi connectivity index (χ2v) is 8.12. The lowest BCUT2D eigenvalue weighted by atomic mass is 9.99. The average Bonchev–Trinajstić information content (AvgIpc) is 2.73. The number of hydrogen-bond donors (Lipinski definition) is 1. The van der Waals surface area contributed by atoms with Crippen molar-refractivity contribution in [1.29, 1.82) is 0 Å². The Morgan fingerprint density at radius 3 is 2.70 bits per heavy atom. The van der Waals surface area contributed by atoms with Crippen LogP contribution < -0.4 is 5.32 Å². The first-order chi connectivity index (χ1) is 10.7. The van der Waals surface area contributed by atoms with Crippen molar-refractivity contribution in [2.45, 2.75) is 37.6 Å². The van der Waals surface area contributed by atoms with Crippen molar-refractivity contribution in [1.82, 2.24) is 5.32 Å². The Bertz CT molecular complexity index is 628. The molecule has 0 aliphatic carbocycles. The Morgan fingerprint density at radius 1 is 1.39 bits per heavy atom. The highest BCUT2D eigenvalue weighted by Gasteiger charge is 2.35. The summed E-state index contributed by atoms with van der Waals surface area (Å²) in [5.74, 6) is 0.777. The Labute approximate surface area is 142 Å². The minimum Gasteiger partial charge on any atom is -0.368 e. The number of carbonyl (C=O) groups excluding carboxylic acids is 1. The summed E-state index contributed by atoms with van der Waals surface area (Å²) in [6.45, 7) is 5.77. The molecule has 2 unspecified atom stereocenters. The lowest BCUT2D eigenvalue weighted by Crippen LogP contribution is -2.21. The Hall–Kier alpha value is -1.08. The van der Waals surface area contributed by atoms with Crippen LogP contribution in [0, 0.1) is 0 Å². The smallest absolute Gasteiger partial charge is 0.368 e. The maximum atomic E-state index is 12.9. The van der Waals surface area contributed by atoms with Gasteiger partial charge in [-0.05, 0) is 37.3 Å². The highest BCUT2D eigenvalue weighted by molar-refractivity contribution is 8.05. The number of benzene rings is 1. The summed E-state index contributed by atoms with van der Waals surface area (Å²) in [6, 6.07) is 4.96. The van der Waals surface area contributed by atoms with Gasteiger partial charge in [0.1, 0.15) is 0 Å². The van der Waals surface area contributed by atoms with Crippen LogP contribution in [0.3, 0.4) is 0 Å². The van der Waals surface area contributed by atoms with Crippen LogP contribution in [-0.4, -0.2) is 22.2 Å². The second-order valence-electron chi connectivity index (χ2n) is 5.15. The third kappa shape index (κ3) is 4.26. The number of Topliss-reactive ketones (excluding diaryl/α,β-unsaturated/α-hetero) is 1. The van der Waals surface area contributed by atoms with Gasteiger partial charge in [0.25, 0.3) is 0 Å². The molecule has 2 atom stereocenters. The molecule has 0 spiro atoms. The normalized spacial score (nSPS) is 20.1. The SMILES string of the molecule is CCSC(C)NC1=C(c2cccc(C(F)(F)F)c2)C(=O)C(C)S1. The van der Waals surface area contributed by atoms with Crippen molar-refractivity contribution >= 4 is 34.9 Å². The second kappa shape index (κ2) is 7.21. The molecule has 0 amide bonds. The van der Waals surface area contributed by atoms with Gasteiger partial charge < -0.3 is 5.32 Å². The van der Waals surface area contributed by atoms with Gasteiger partial charge in [-0.15, -0.1) is 11.8 Å². The molecule has 1 aromatic rings. The molecular weight excluding hydrogens is 343 g/mol. The van der Waals surface area contributed by atoms with Crippen LogP contribution in [-0.2, 0) is 11.0 Å². The molecule has 0 saturated carbocycles. The number of carbonyl (C=O) groups is 1. The summed E-state index contributed by atoms with van der Waals surface area (Å²) < 4.78 is 38.7. The van der Waals surface area contributed by atoms with Crippen LogP contribution in [0.2, 0.25) is 0 Å². The van der Waals surface area contributed by atoms with Crippen LogP contribution in [0.4, 0.5) is 13.2 Å². The Balaban J connectivity index is 2.41. The molecule has 1 heterocycles. The molecule has 2 rings (SSSR count). The van der Waals surface area contributed by atoms with E-state index in [9.17, 15) is 18.0 Å². The number of allylic oxidation sites excluding steroid dienone is 1. The van der Waals surface area contributed by atoms with Gasteiger partial charge in [-0.1, -0.05) is 30.8 Å². The van der Waals surface area contributed by atoms with Crippen molar-refractivity contribution in [3.8, 4) is 0 Å². The number of rotatable bonds is 5. The molecule has 2 nitrogen and oxygen atoms in total. The Kier molecular flexibility index (Phi) is 5.73. The first-order valence-corrected chi connectivity index (χ1v) is 9.17. The van der Waals surface area contributed by atoms with E-state index in [2.05, 4.69) is 5.32 Å². The van der Waals surface area contributed by atoms with Crippen molar-refractivity contribution in [2.75, 3.05) is 5.75 Å². The number of alkyl halides is 3. The summed E-state index contributed by atoms with van der Waals surface area (Å²) in [5.41, 5.74) is -0.0646. The number of halogens is 3. The van der Waals surface area contributed by atoms with Crippen LogP contribution in [0.25, 0.3) is 5.57 Å². The molecular formula is C16H18F3NOS2. The first kappa shape index (κ1) is 18.3. The number of hydrogen-bond acceptors (Lipinski definition) is 4. The van der Waals surface area contributed by atoms with Crippen molar-refractivity contribution in [3.63, 3.8) is 0 Å². The first-order valence-electron chi connectivity index (χ1n) is 7.25. The van der Waals surface area contributed by atoms with Gasteiger partial charge in [-0.25, -0.2) is 0 Å². The molecule has 7 heteroatoms. The van der Waals surface area contributed by atoms with Crippen LogP contribution in [0.15, 0.2) is 29.3 Å². The van der Waals surface area contributed by atoms with Crippen molar-refractivity contribution in [2.24, 2.45) is 0 Å². The van der Waals surface area contributed by atoms with Gasteiger partial charge >= 0.3 is 6.18 Å². The molecule has 0 fully saturated rings. The molecule has 0 saturated heterocycles. The lowest BCUT2D eigenvalue weighted by Gasteiger charge is -2.16. The van der Waals surface area contributed by atoms with E-state index in [1.165, 1.54) is 17.8 Å². The fourth-order valence-corrected chi connectivity index (χ4v) is 4.25. The van der Waals surface area contributed by atoms with Gasteiger partial charge in [-0.2, -0.15) is 13.2 Å². The summed E-state index contributed by atoms with van der Waals surface area (Å²) in [5, 5.41) is 3.71. The quantitative estimate of drug-likeness (QED) is 0.765. The molecule has 1 aliphatic heterocycles. The van der Waals surface area contributed by atoms with Crippen LogP contribution in [0.5, 0.6) is 0 Å². The number of nitrogens with one attached hydrogen (secondary N) is 1. The molecule has 1 aliphatic rings. The fraction of sp³-hybridized carbons (Fsp3) is 0.438. The zero-order chi connectivity index (χ0) is 17.2. The van der Waals surface area contributed by atoms with E-state index in [-0.39, 0.29) is 16.4 Å². The van der Waals surface area contributed by atoms with Crippen LogP contribution in [0.1, 0.15) is 31.9 Å². The van der Waals surface area contributed by atoms with Crippen LogP contribution >= 0.6 is 23.5 Å². The van der Waals surface area contributed by atoms with Gasteiger partial charge in [0, 0.05) is 0 Å². The van der Waals surface area contributed by atoms with E-state index >= 15 is 0 Å². The summed E-state index contributed by atoms with van der Waals surface area (Å²) >= 11 is 3.04. The van der Waals surface area contributed by atoms with Gasteiger partial charge in [0.05, 0.1) is 26.8 Å². The maximum absolute atomic E-state index is 12.9. The molecule has 23 heavy (non-hydrogen) atoms. The van der Waals surface area contributed by atoms with Gasteiger partial charge in [0.15, 0.2) is 5.78 Å². The molecule has 1 N–H and O–H groups in total. The van der Waals surface area contributed by atoms with E-state index < -0.39 is 11.7 Å². The summed E-state index contributed by atoms with van der Waals surface area (Å²) in [6.07, 6.45) is -4.42. The van der Waals surface area contributed by atoms with Gasteiger partial charge in [0.2, 0.25) is 0 Å². The summed E-state index contributed by atoms with van der Waals surface area (Å²) in [4.78, 5) is 12.4. The Morgan fingerprint density at radius 2 is 2.09 bits per heavy atom. The monoisotopic (exact) mass is 361 g/mol. The van der Waals surface area contributed by atoms with E-state index in [0.717, 1.165) is 17.9 Å². The minimum atomic E-state index is -4.42. The predicted molar refractivity (Wildman–Crippen MR) is 91.2 cm³/mol. The number of ketones is 1. The number of thioether (sulfide) groups is 2. The zero-order valence-electron chi connectivity index (χ0n) is 13.0. The third-order valence-corrected chi connectivity index (χ3v) is 5.44. The minimum absolute atomic E-state index is 0.0846. The van der Waals surface area contributed by atoms with Crippen molar-refractivity contribution < 1.29 is 18.0 Å². The predicted octanol–water partition coefficient (Wildman–Crippen LogP) is 4.77. The standard InChI is InChI=1S/C16H18F3NOS2/c1-4-22-10(3)20-15-13(14(21)9(2)23-15)11-6-5-7-12(8-11)16(17,18)19/h5-10,20H,4H2,1-3H3. The average molecular weight is 361 g/mol. The van der Waals surface area contributed by atoms with Gasteiger partial charge in [-0.3, -0.25) is 4.79 Å². The molecule has 0 aromatic heterocycles. The lowest BCUT2D eigenvalue weighted by molar-refractivity contribution is -0.137. The molecule has 0 radical (unpaired) electrons. The molecule has 126 valence electrons. The highest BCUT2D eigenvalue weighted by Crippen LogP contribution is 2.40.